The Morgan fingerprint density at radius 1 is 1.14 bits per heavy atom. The quantitative estimate of drug-likeness (QED) is 0.502. The molecule has 146 valence electrons. The summed E-state index contributed by atoms with van der Waals surface area (Å²) >= 11 is 0. The number of aromatic nitrogens is 3. The van der Waals surface area contributed by atoms with E-state index in [1.807, 2.05) is 12.3 Å². The van der Waals surface area contributed by atoms with Crippen molar-refractivity contribution in [1.82, 2.24) is 14.4 Å². The number of imidazole rings is 1. The number of benzene rings is 2. The molecule has 4 aromatic rings. The fourth-order valence-corrected chi connectivity index (χ4v) is 3.01. The minimum Gasteiger partial charge on any atom is -0.504 e. The average Bonchev–Trinajstić information content (AvgIpc) is 3.12. The van der Waals surface area contributed by atoms with Crippen molar-refractivity contribution < 1.29 is 19.4 Å². The molecule has 0 aliphatic rings. The number of carbonyl (C=O) groups excluding carboxylic acids is 1. The predicted molar refractivity (Wildman–Crippen MR) is 108 cm³/mol. The van der Waals surface area contributed by atoms with Crippen molar-refractivity contribution in [1.29, 1.82) is 0 Å². The highest BCUT2D eigenvalue weighted by atomic mass is 16.5. The molecule has 0 aliphatic carbocycles. The van der Waals surface area contributed by atoms with E-state index in [0.29, 0.717) is 34.3 Å². The molecule has 0 saturated carbocycles. The van der Waals surface area contributed by atoms with Crippen LogP contribution in [0.25, 0.3) is 17.0 Å². The number of phenols is 1. The standard InChI is InChI=1S/C21H18N4O4/c1-28-17-12-13(7-8-16(17)26)18-19(25-10-4-9-22-21(25)24-18)23-15-6-3-5-14(11-15)20(27)29-2/h3-12,23,26H,1-2H3. The Bertz CT molecular complexity index is 1200. The van der Waals surface area contributed by atoms with Crippen molar-refractivity contribution in [2.75, 3.05) is 19.5 Å². The van der Waals surface area contributed by atoms with Crippen molar-refractivity contribution in [2.24, 2.45) is 0 Å². The van der Waals surface area contributed by atoms with Crippen molar-refractivity contribution in [3.8, 4) is 22.8 Å². The second kappa shape index (κ2) is 7.51. The van der Waals surface area contributed by atoms with Crippen LogP contribution in [0.2, 0.25) is 0 Å². The first-order valence-electron chi connectivity index (χ1n) is 8.76. The Balaban J connectivity index is 1.84. The second-order valence-electron chi connectivity index (χ2n) is 6.18. The van der Waals surface area contributed by atoms with Gasteiger partial charge in [0.15, 0.2) is 11.5 Å². The Labute approximate surface area is 166 Å². The van der Waals surface area contributed by atoms with Gasteiger partial charge in [-0.3, -0.25) is 4.40 Å². The summed E-state index contributed by atoms with van der Waals surface area (Å²) in [5, 5.41) is 13.2. The Kier molecular flexibility index (Phi) is 4.74. The zero-order chi connectivity index (χ0) is 20.4. The monoisotopic (exact) mass is 390 g/mol. The third-order valence-electron chi connectivity index (χ3n) is 4.40. The van der Waals surface area contributed by atoms with E-state index >= 15 is 0 Å². The SMILES string of the molecule is COC(=O)c1cccc(Nc2c(-c3ccc(O)c(OC)c3)nc3ncccn23)c1. The number of methoxy groups -OCH3 is 2. The van der Waals surface area contributed by atoms with Gasteiger partial charge in [0, 0.05) is 23.6 Å². The number of anilines is 2. The molecule has 4 rings (SSSR count). The third-order valence-corrected chi connectivity index (χ3v) is 4.40. The van der Waals surface area contributed by atoms with E-state index in [1.54, 1.807) is 53.1 Å². The van der Waals surface area contributed by atoms with Crippen LogP contribution >= 0.6 is 0 Å². The molecule has 0 amide bonds. The lowest BCUT2D eigenvalue weighted by Crippen LogP contribution is -2.03. The molecule has 0 fully saturated rings. The number of aromatic hydroxyl groups is 1. The average molecular weight is 390 g/mol. The predicted octanol–water partition coefficient (Wildman–Crippen LogP) is 3.64. The number of nitrogens with one attached hydrogen (secondary N) is 1. The van der Waals surface area contributed by atoms with Gasteiger partial charge in [0.05, 0.1) is 19.8 Å². The summed E-state index contributed by atoms with van der Waals surface area (Å²) in [6, 6.07) is 13.8. The van der Waals surface area contributed by atoms with Crippen LogP contribution in [0, 0.1) is 0 Å². The number of ether oxygens (including phenoxy) is 2. The first-order valence-corrected chi connectivity index (χ1v) is 8.76. The van der Waals surface area contributed by atoms with Gasteiger partial charge in [-0.25, -0.2) is 14.8 Å². The Morgan fingerprint density at radius 2 is 2.00 bits per heavy atom. The van der Waals surface area contributed by atoms with Crippen molar-refractivity contribution in [2.45, 2.75) is 0 Å². The zero-order valence-electron chi connectivity index (χ0n) is 15.8. The van der Waals surface area contributed by atoms with E-state index < -0.39 is 5.97 Å². The molecule has 0 bridgehead atoms. The lowest BCUT2D eigenvalue weighted by Gasteiger charge is -2.11. The summed E-state index contributed by atoms with van der Waals surface area (Å²) in [4.78, 5) is 20.8. The second-order valence-corrected chi connectivity index (χ2v) is 6.18. The Morgan fingerprint density at radius 3 is 2.79 bits per heavy atom. The van der Waals surface area contributed by atoms with Gasteiger partial charge in [-0.05, 0) is 42.5 Å². The number of rotatable bonds is 5. The molecule has 2 N–H and O–H groups in total. The van der Waals surface area contributed by atoms with E-state index in [-0.39, 0.29) is 5.75 Å². The molecule has 2 aromatic heterocycles. The summed E-state index contributed by atoms with van der Waals surface area (Å²) in [6.45, 7) is 0. The molecule has 0 aliphatic heterocycles. The largest absolute Gasteiger partial charge is 0.504 e. The number of hydrogen-bond donors (Lipinski definition) is 2. The molecule has 8 nitrogen and oxygen atoms in total. The van der Waals surface area contributed by atoms with Crippen molar-refractivity contribution in [3.05, 3.63) is 66.5 Å². The summed E-state index contributed by atoms with van der Waals surface area (Å²) < 4.78 is 11.8. The number of hydrogen-bond acceptors (Lipinski definition) is 7. The molecule has 0 radical (unpaired) electrons. The van der Waals surface area contributed by atoms with Gasteiger partial charge >= 0.3 is 5.97 Å². The first-order chi connectivity index (χ1) is 14.1. The van der Waals surface area contributed by atoms with E-state index in [4.69, 9.17) is 9.47 Å². The summed E-state index contributed by atoms with van der Waals surface area (Å²) in [6.07, 6.45) is 3.49. The van der Waals surface area contributed by atoms with Gasteiger partial charge in [0.2, 0.25) is 5.78 Å². The van der Waals surface area contributed by atoms with Gasteiger partial charge in [0.1, 0.15) is 11.5 Å². The number of phenolic OH excluding ortho intramolecular Hbond substituents is 1. The van der Waals surface area contributed by atoms with E-state index in [0.717, 1.165) is 5.56 Å². The summed E-state index contributed by atoms with van der Waals surface area (Å²) in [5.41, 5.74) is 2.46. The fraction of sp³-hybridized carbons (Fsp3) is 0.0952. The van der Waals surface area contributed by atoms with Crippen LogP contribution in [-0.4, -0.2) is 39.7 Å². The van der Waals surface area contributed by atoms with Crippen LogP contribution in [0.3, 0.4) is 0 Å². The highest BCUT2D eigenvalue weighted by molar-refractivity contribution is 5.91. The number of nitrogens with zero attached hydrogens (tertiary/aromatic N) is 3. The smallest absolute Gasteiger partial charge is 0.337 e. The van der Waals surface area contributed by atoms with Gasteiger partial charge in [0.25, 0.3) is 0 Å². The maximum absolute atomic E-state index is 11.9. The van der Waals surface area contributed by atoms with Gasteiger partial charge in [-0.15, -0.1) is 0 Å². The molecular formula is C21H18N4O4. The Hall–Kier alpha value is -4.07. The molecule has 0 spiro atoms. The topological polar surface area (TPSA) is 98.0 Å². The number of fused-ring (bicyclic) bond motifs is 1. The lowest BCUT2D eigenvalue weighted by atomic mass is 10.1. The minimum absolute atomic E-state index is 0.0402. The van der Waals surface area contributed by atoms with Crippen LogP contribution in [0.5, 0.6) is 11.5 Å². The highest BCUT2D eigenvalue weighted by Crippen LogP contribution is 2.35. The summed E-state index contributed by atoms with van der Waals surface area (Å²) in [5.74, 6) is 1.12. The van der Waals surface area contributed by atoms with Crippen LogP contribution in [0.15, 0.2) is 60.9 Å². The first kappa shape index (κ1) is 18.3. The third kappa shape index (κ3) is 3.43. The zero-order valence-corrected chi connectivity index (χ0v) is 15.8. The van der Waals surface area contributed by atoms with E-state index in [9.17, 15) is 9.90 Å². The van der Waals surface area contributed by atoms with Gasteiger partial charge in [-0.1, -0.05) is 6.07 Å². The maximum atomic E-state index is 11.9. The molecule has 0 atom stereocenters. The van der Waals surface area contributed by atoms with Crippen molar-refractivity contribution >= 4 is 23.3 Å². The van der Waals surface area contributed by atoms with E-state index in [1.165, 1.54) is 14.2 Å². The van der Waals surface area contributed by atoms with Crippen LogP contribution < -0.4 is 10.1 Å². The number of esters is 1. The van der Waals surface area contributed by atoms with Crippen LogP contribution in [0.1, 0.15) is 10.4 Å². The van der Waals surface area contributed by atoms with Crippen LogP contribution in [0.4, 0.5) is 11.5 Å². The molecule has 8 heteroatoms. The molecule has 29 heavy (non-hydrogen) atoms. The van der Waals surface area contributed by atoms with E-state index in [2.05, 4.69) is 15.3 Å². The van der Waals surface area contributed by atoms with Gasteiger partial charge < -0.3 is 19.9 Å². The molecule has 0 unspecified atom stereocenters. The number of carbonyl (C=O) groups is 1. The molecular weight excluding hydrogens is 372 g/mol. The van der Waals surface area contributed by atoms with Crippen molar-refractivity contribution in [3.63, 3.8) is 0 Å². The minimum atomic E-state index is -0.419. The molecule has 0 saturated heterocycles. The fourth-order valence-electron chi connectivity index (χ4n) is 3.01. The highest BCUT2D eigenvalue weighted by Gasteiger charge is 2.17. The molecule has 2 aromatic carbocycles. The lowest BCUT2D eigenvalue weighted by molar-refractivity contribution is 0.0601. The maximum Gasteiger partial charge on any atom is 0.337 e. The summed E-state index contributed by atoms with van der Waals surface area (Å²) in [7, 11) is 2.83. The molecule has 2 heterocycles. The van der Waals surface area contributed by atoms with Gasteiger partial charge in [-0.2, -0.15) is 0 Å². The normalized spacial score (nSPS) is 10.7. The van der Waals surface area contributed by atoms with Crippen LogP contribution in [-0.2, 0) is 4.74 Å².